The van der Waals surface area contributed by atoms with Crippen LogP contribution in [0.3, 0.4) is 0 Å². The molecule has 1 fully saturated rings. The van der Waals surface area contributed by atoms with Crippen molar-refractivity contribution in [3.63, 3.8) is 0 Å². The largest absolute Gasteiger partial charge is 0.347 e. The summed E-state index contributed by atoms with van der Waals surface area (Å²) in [5, 5.41) is 5.05. The van der Waals surface area contributed by atoms with Crippen molar-refractivity contribution in [1.29, 1.82) is 0 Å². The van der Waals surface area contributed by atoms with E-state index in [1.165, 1.54) is 42.1 Å². The highest BCUT2D eigenvalue weighted by molar-refractivity contribution is 5.84. The standard InChI is InChI=1S/C17H24N2/c1-2-3-12-19-13-14(10-11-18-15-8-9-15)16-6-4-5-7-17(16)19/h4-7,13,15,18H,2-3,8-12H2,1H3. The van der Waals surface area contributed by atoms with Crippen LogP contribution in [0.4, 0.5) is 0 Å². The smallest absolute Gasteiger partial charge is 0.0483 e. The SMILES string of the molecule is CCCCn1cc(CCNC2CC2)c2ccccc21. The van der Waals surface area contributed by atoms with Gasteiger partial charge in [0.1, 0.15) is 0 Å². The third-order valence-corrected chi connectivity index (χ3v) is 4.03. The lowest BCUT2D eigenvalue weighted by molar-refractivity contribution is 0.644. The van der Waals surface area contributed by atoms with E-state index in [0.29, 0.717) is 0 Å². The fourth-order valence-corrected chi connectivity index (χ4v) is 2.73. The van der Waals surface area contributed by atoms with Crippen LogP contribution in [0, 0.1) is 0 Å². The highest BCUT2D eigenvalue weighted by Gasteiger charge is 2.19. The van der Waals surface area contributed by atoms with Gasteiger partial charge in [0.25, 0.3) is 0 Å². The number of benzene rings is 1. The summed E-state index contributed by atoms with van der Waals surface area (Å²) >= 11 is 0. The fourth-order valence-electron chi connectivity index (χ4n) is 2.73. The molecule has 0 saturated heterocycles. The first-order valence-corrected chi connectivity index (χ1v) is 7.68. The van der Waals surface area contributed by atoms with E-state index in [2.05, 4.69) is 47.3 Å². The predicted octanol–water partition coefficient (Wildman–Crippen LogP) is 3.74. The summed E-state index contributed by atoms with van der Waals surface area (Å²) in [7, 11) is 0. The number of aryl methyl sites for hydroxylation is 1. The molecule has 0 bridgehead atoms. The second-order valence-electron chi connectivity index (χ2n) is 5.70. The summed E-state index contributed by atoms with van der Waals surface area (Å²) in [5.74, 6) is 0. The molecule has 0 aliphatic heterocycles. The van der Waals surface area contributed by atoms with Crippen LogP contribution in [0.1, 0.15) is 38.2 Å². The van der Waals surface area contributed by atoms with Crippen LogP contribution in [0.25, 0.3) is 10.9 Å². The van der Waals surface area contributed by atoms with Crippen molar-refractivity contribution in [2.75, 3.05) is 6.54 Å². The van der Waals surface area contributed by atoms with Crippen LogP contribution in [0.2, 0.25) is 0 Å². The Labute approximate surface area is 115 Å². The minimum absolute atomic E-state index is 0.813. The molecule has 0 amide bonds. The Morgan fingerprint density at radius 2 is 2.11 bits per heavy atom. The first-order chi connectivity index (χ1) is 9.38. The quantitative estimate of drug-likeness (QED) is 0.798. The highest BCUT2D eigenvalue weighted by atomic mass is 15.0. The lowest BCUT2D eigenvalue weighted by Crippen LogP contribution is -2.19. The number of fused-ring (bicyclic) bond motifs is 1. The maximum absolute atomic E-state index is 3.61. The lowest BCUT2D eigenvalue weighted by atomic mass is 10.1. The molecule has 0 atom stereocenters. The van der Waals surface area contributed by atoms with Gasteiger partial charge in [0.05, 0.1) is 0 Å². The van der Waals surface area contributed by atoms with Crippen molar-refractivity contribution >= 4 is 10.9 Å². The monoisotopic (exact) mass is 256 g/mol. The van der Waals surface area contributed by atoms with Gasteiger partial charge in [0, 0.05) is 29.7 Å². The summed E-state index contributed by atoms with van der Waals surface area (Å²) in [6.45, 7) is 4.52. The number of nitrogens with one attached hydrogen (secondary N) is 1. The minimum Gasteiger partial charge on any atom is -0.347 e. The maximum atomic E-state index is 3.61. The molecular formula is C17H24N2. The maximum Gasteiger partial charge on any atom is 0.0483 e. The van der Waals surface area contributed by atoms with Gasteiger partial charge in [-0.25, -0.2) is 0 Å². The van der Waals surface area contributed by atoms with Gasteiger partial charge in [0.2, 0.25) is 0 Å². The Balaban J connectivity index is 1.77. The topological polar surface area (TPSA) is 17.0 Å². The van der Waals surface area contributed by atoms with Gasteiger partial charge < -0.3 is 9.88 Å². The number of rotatable bonds is 7. The Kier molecular flexibility index (Phi) is 3.88. The molecule has 1 saturated carbocycles. The third kappa shape index (κ3) is 3.01. The molecule has 0 radical (unpaired) electrons. The van der Waals surface area contributed by atoms with E-state index < -0.39 is 0 Å². The van der Waals surface area contributed by atoms with Crippen molar-refractivity contribution in [3.8, 4) is 0 Å². The van der Waals surface area contributed by atoms with E-state index in [-0.39, 0.29) is 0 Å². The van der Waals surface area contributed by atoms with Gasteiger partial charge in [0.15, 0.2) is 0 Å². The third-order valence-electron chi connectivity index (χ3n) is 4.03. The van der Waals surface area contributed by atoms with Crippen molar-refractivity contribution in [1.82, 2.24) is 9.88 Å². The average molecular weight is 256 g/mol. The molecule has 2 nitrogen and oxygen atoms in total. The molecule has 1 N–H and O–H groups in total. The number of unbranched alkanes of at least 4 members (excludes halogenated alkanes) is 1. The van der Waals surface area contributed by atoms with Crippen molar-refractivity contribution in [3.05, 3.63) is 36.0 Å². The van der Waals surface area contributed by atoms with Crippen LogP contribution in [0.15, 0.2) is 30.5 Å². The Morgan fingerprint density at radius 3 is 2.89 bits per heavy atom. The molecule has 1 aromatic heterocycles. The second-order valence-corrected chi connectivity index (χ2v) is 5.70. The van der Waals surface area contributed by atoms with Crippen molar-refractivity contribution in [2.24, 2.45) is 0 Å². The Morgan fingerprint density at radius 1 is 1.26 bits per heavy atom. The first kappa shape index (κ1) is 12.7. The molecular weight excluding hydrogens is 232 g/mol. The van der Waals surface area contributed by atoms with Gasteiger partial charge in [-0.05, 0) is 43.9 Å². The first-order valence-electron chi connectivity index (χ1n) is 7.68. The zero-order chi connectivity index (χ0) is 13.1. The molecule has 19 heavy (non-hydrogen) atoms. The molecule has 0 spiro atoms. The number of hydrogen-bond donors (Lipinski definition) is 1. The number of para-hydroxylation sites is 1. The molecule has 1 aliphatic rings. The number of aromatic nitrogens is 1. The molecule has 102 valence electrons. The zero-order valence-electron chi connectivity index (χ0n) is 11.9. The van der Waals surface area contributed by atoms with Gasteiger partial charge in [-0.15, -0.1) is 0 Å². The van der Waals surface area contributed by atoms with Crippen molar-refractivity contribution in [2.45, 2.75) is 51.6 Å². The van der Waals surface area contributed by atoms with E-state index in [1.54, 1.807) is 0 Å². The van der Waals surface area contributed by atoms with Crippen LogP contribution in [-0.2, 0) is 13.0 Å². The van der Waals surface area contributed by atoms with Gasteiger partial charge >= 0.3 is 0 Å². The van der Waals surface area contributed by atoms with E-state index in [9.17, 15) is 0 Å². The zero-order valence-corrected chi connectivity index (χ0v) is 11.9. The average Bonchev–Trinajstić information content (AvgIpc) is 3.19. The lowest BCUT2D eigenvalue weighted by Gasteiger charge is -2.02. The number of nitrogens with zero attached hydrogens (tertiary/aromatic N) is 1. The molecule has 1 heterocycles. The molecule has 3 rings (SSSR count). The van der Waals surface area contributed by atoms with Gasteiger partial charge in [-0.2, -0.15) is 0 Å². The highest BCUT2D eigenvalue weighted by Crippen LogP contribution is 2.23. The van der Waals surface area contributed by atoms with E-state index in [0.717, 1.165) is 25.6 Å². The van der Waals surface area contributed by atoms with Crippen LogP contribution in [-0.4, -0.2) is 17.2 Å². The number of hydrogen-bond acceptors (Lipinski definition) is 1. The molecule has 1 aromatic carbocycles. The molecule has 2 heteroatoms. The van der Waals surface area contributed by atoms with Crippen LogP contribution in [0.5, 0.6) is 0 Å². The second kappa shape index (κ2) is 5.79. The van der Waals surface area contributed by atoms with Gasteiger partial charge in [-0.1, -0.05) is 31.5 Å². The van der Waals surface area contributed by atoms with Crippen LogP contribution >= 0.6 is 0 Å². The normalized spacial score (nSPS) is 15.2. The Hall–Kier alpha value is -1.28. The summed E-state index contributed by atoms with van der Waals surface area (Å²) in [5.41, 5.74) is 2.90. The minimum atomic E-state index is 0.813. The molecule has 1 aliphatic carbocycles. The van der Waals surface area contributed by atoms with Crippen LogP contribution < -0.4 is 5.32 Å². The summed E-state index contributed by atoms with van der Waals surface area (Å²) in [6.07, 6.45) is 8.78. The van der Waals surface area contributed by atoms with E-state index in [4.69, 9.17) is 0 Å². The Bertz CT molecular complexity index is 537. The van der Waals surface area contributed by atoms with Gasteiger partial charge in [-0.3, -0.25) is 0 Å². The molecule has 2 aromatic rings. The molecule has 0 unspecified atom stereocenters. The van der Waals surface area contributed by atoms with Crippen molar-refractivity contribution < 1.29 is 0 Å². The summed E-state index contributed by atoms with van der Waals surface area (Å²) < 4.78 is 2.44. The van der Waals surface area contributed by atoms with E-state index in [1.807, 2.05) is 0 Å². The fraction of sp³-hybridized carbons (Fsp3) is 0.529. The van der Waals surface area contributed by atoms with E-state index >= 15 is 0 Å². The summed E-state index contributed by atoms with van der Waals surface area (Å²) in [4.78, 5) is 0. The summed E-state index contributed by atoms with van der Waals surface area (Å²) in [6, 6.07) is 9.64. The predicted molar refractivity (Wildman–Crippen MR) is 81.6 cm³/mol.